The molecule has 0 heterocycles. The Bertz CT molecular complexity index is 745. The second-order valence-corrected chi connectivity index (χ2v) is 5.53. The molecule has 0 aliphatic carbocycles. The van der Waals surface area contributed by atoms with Gasteiger partial charge in [-0.05, 0) is 42.7 Å². The maximum Gasteiger partial charge on any atom is 0.387 e. The number of halogens is 2. The topological polar surface area (TPSA) is 35.5 Å². The Morgan fingerprint density at radius 1 is 1.17 bits per heavy atom. The molecular formula is C18H16F2O3S. The minimum absolute atomic E-state index is 0.0202. The SMILES string of the molecule is COc1cc(C(=O)/C=C/c2ccccc2OC(F)F)ccc1SC. The lowest BCUT2D eigenvalue weighted by molar-refractivity contribution is -0.0499. The van der Waals surface area contributed by atoms with Gasteiger partial charge in [-0.15, -0.1) is 11.8 Å². The molecule has 126 valence electrons. The van der Waals surface area contributed by atoms with Gasteiger partial charge in [0.25, 0.3) is 0 Å². The fraction of sp³-hybridized carbons (Fsp3) is 0.167. The summed E-state index contributed by atoms with van der Waals surface area (Å²) >= 11 is 1.52. The highest BCUT2D eigenvalue weighted by molar-refractivity contribution is 7.98. The lowest BCUT2D eigenvalue weighted by Gasteiger charge is -2.08. The molecule has 0 saturated carbocycles. The number of alkyl halides is 2. The molecule has 0 aromatic heterocycles. The first-order valence-electron chi connectivity index (χ1n) is 7.03. The van der Waals surface area contributed by atoms with E-state index in [4.69, 9.17) is 4.74 Å². The number of rotatable bonds is 7. The number of carbonyl (C=O) groups excluding carboxylic acids is 1. The maximum absolute atomic E-state index is 12.4. The van der Waals surface area contributed by atoms with E-state index in [2.05, 4.69) is 4.74 Å². The van der Waals surface area contributed by atoms with E-state index in [0.717, 1.165) is 4.90 Å². The lowest BCUT2D eigenvalue weighted by atomic mass is 10.1. The molecule has 0 atom stereocenters. The van der Waals surface area contributed by atoms with Crippen LogP contribution in [-0.4, -0.2) is 25.8 Å². The van der Waals surface area contributed by atoms with Crippen LogP contribution in [0, 0.1) is 0 Å². The van der Waals surface area contributed by atoms with Gasteiger partial charge in [-0.3, -0.25) is 4.79 Å². The van der Waals surface area contributed by atoms with Crippen molar-refractivity contribution in [3.05, 3.63) is 59.7 Å². The molecule has 0 fully saturated rings. The molecule has 24 heavy (non-hydrogen) atoms. The third kappa shape index (κ3) is 4.58. The van der Waals surface area contributed by atoms with Crippen molar-refractivity contribution in [1.82, 2.24) is 0 Å². The molecule has 2 rings (SSSR count). The number of benzene rings is 2. The molecule has 0 aliphatic rings. The first-order chi connectivity index (χ1) is 11.5. The number of ether oxygens (including phenoxy) is 2. The van der Waals surface area contributed by atoms with Crippen LogP contribution < -0.4 is 9.47 Å². The molecular weight excluding hydrogens is 334 g/mol. The van der Waals surface area contributed by atoms with Gasteiger partial charge in [-0.2, -0.15) is 8.78 Å². The standard InChI is InChI=1S/C18H16F2O3S/c1-22-16-11-13(8-10-17(16)24-2)14(21)9-7-12-5-3-4-6-15(12)23-18(19)20/h3-11,18H,1-2H3/b9-7+. The summed E-state index contributed by atoms with van der Waals surface area (Å²) in [4.78, 5) is 13.2. The normalized spacial score (nSPS) is 11.0. The Balaban J connectivity index is 2.22. The summed E-state index contributed by atoms with van der Waals surface area (Å²) in [7, 11) is 1.54. The molecule has 3 nitrogen and oxygen atoms in total. The minimum Gasteiger partial charge on any atom is -0.496 e. The van der Waals surface area contributed by atoms with Crippen LogP contribution in [0.2, 0.25) is 0 Å². The maximum atomic E-state index is 12.4. The molecule has 0 N–H and O–H groups in total. The van der Waals surface area contributed by atoms with Crippen molar-refractivity contribution in [2.45, 2.75) is 11.5 Å². The summed E-state index contributed by atoms with van der Waals surface area (Å²) in [6.45, 7) is -2.92. The highest BCUT2D eigenvalue weighted by atomic mass is 32.2. The van der Waals surface area contributed by atoms with Crippen LogP contribution in [0.4, 0.5) is 8.78 Å². The predicted octanol–water partition coefficient (Wildman–Crippen LogP) is 4.91. The van der Waals surface area contributed by atoms with Crippen LogP contribution >= 0.6 is 11.8 Å². The smallest absolute Gasteiger partial charge is 0.387 e. The van der Waals surface area contributed by atoms with Gasteiger partial charge in [0, 0.05) is 16.0 Å². The zero-order valence-electron chi connectivity index (χ0n) is 13.2. The Hall–Kier alpha value is -2.34. The van der Waals surface area contributed by atoms with Crippen LogP contribution in [0.5, 0.6) is 11.5 Å². The van der Waals surface area contributed by atoms with Crippen molar-refractivity contribution in [2.24, 2.45) is 0 Å². The van der Waals surface area contributed by atoms with Crippen LogP contribution in [0.1, 0.15) is 15.9 Å². The van der Waals surface area contributed by atoms with E-state index >= 15 is 0 Å². The van der Waals surface area contributed by atoms with Crippen LogP contribution in [0.15, 0.2) is 53.4 Å². The number of hydrogen-bond donors (Lipinski definition) is 0. The summed E-state index contributed by atoms with van der Waals surface area (Å²) in [5.41, 5.74) is 0.854. The van der Waals surface area contributed by atoms with Gasteiger partial charge >= 0.3 is 6.61 Å². The van der Waals surface area contributed by atoms with Gasteiger partial charge < -0.3 is 9.47 Å². The largest absolute Gasteiger partial charge is 0.496 e. The van der Waals surface area contributed by atoms with Crippen LogP contribution in [0.3, 0.4) is 0 Å². The first kappa shape index (κ1) is 18.0. The van der Waals surface area contributed by atoms with E-state index in [1.807, 2.05) is 6.26 Å². The number of ketones is 1. The van der Waals surface area contributed by atoms with Gasteiger partial charge in [0.05, 0.1) is 7.11 Å². The molecule has 0 saturated heterocycles. The van der Waals surface area contributed by atoms with Crippen molar-refractivity contribution >= 4 is 23.6 Å². The zero-order valence-corrected chi connectivity index (χ0v) is 14.0. The Morgan fingerprint density at radius 3 is 2.58 bits per heavy atom. The molecule has 0 bridgehead atoms. The first-order valence-corrected chi connectivity index (χ1v) is 8.26. The number of hydrogen-bond acceptors (Lipinski definition) is 4. The fourth-order valence-electron chi connectivity index (χ4n) is 2.07. The van der Waals surface area contributed by atoms with Crippen molar-refractivity contribution in [3.63, 3.8) is 0 Å². The third-order valence-electron chi connectivity index (χ3n) is 3.22. The van der Waals surface area contributed by atoms with Crippen molar-refractivity contribution in [1.29, 1.82) is 0 Å². The second kappa shape index (κ2) is 8.49. The minimum atomic E-state index is -2.92. The number of para-hydroxylation sites is 1. The van der Waals surface area contributed by atoms with E-state index < -0.39 is 6.61 Å². The summed E-state index contributed by atoms with van der Waals surface area (Å²) in [5, 5.41) is 0. The Morgan fingerprint density at radius 2 is 1.92 bits per heavy atom. The van der Waals surface area contributed by atoms with Gasteiger partial charge in [-0.1, -0.05) is 18.2 Å². The van der Waals surface area contributed by atoms with Crippen LogP contribution in [-0.2, 0) is 0 Å². The van der Waals surface area contributed by atoms with Gasteiger partial charge in [0.1, 0.15) is 11.5 Å². The van der Waals surface area contributed by atoms with E-state index in [0.29, 0.717) is 16.9 Å². The van der Waals surface area contributed by atoms with Gasteiger partial charge in [0.15, 0.2) is 5.78 Å². The summed E-state index contributed by atoms with van der Waals surface area (Å²) in [6.07, 6.45) is 4.69. The van der Waals surface area contributed by atoms with Crippen molar-refractivity contribution in [3.8, 4) is 11.5 Å². The van der Waals surface area contributed by atoms with Crippen molar-refractivity contribution in [2.75, 3.05) is 13.4 Å². The third-order valence-corrected chi connectivity index (χ3v) is 3.99. The second-order valence-electron chi connectivity index (χ2n) is 4.68. The molecule has 6 heteroatoms. The molecule has 0 unspecified atom stereocenters. The Kier molecular flexibility index (Phi) is 6.37. The summed E-state index contributed by atoms with van der Waals surface area (Å²) in [6, 6.07) is 11.4. The van der Waals surface area contributed by atoms with E-state index in [1.165, 1.54) is 37.1 Å². The molecule has 0 radical (unpaired) electrons. The molecule has 2 aromatic carbocycles. The number of allylic oxidation sites excluding steroid dienone is 1. The zero-order chi connectivity index (χ0) is 17.5. The molecule has 0 amide bonds. The van der Waals surface area contributed by atoms with Gasteiger partial charge in [-0.25, -0.2) is 0 Å². The van der Waals surface area contributed by atoms with E-state index in [9.17, 15) is 13.6 Å². The molecule has 2 aromatic rings. The lowest BCUT2D eigenvalue weighted by Crippen LogP contribution is -2.03. The quantitative estimate of drug-likeness (QED) is 0.404. The number of thioether (sulfide) groups is 1. The monoisotopic (exact) mass is 350 g/mol. The highest BCUT2D eigenvalue weighted by Gasteiger charge is 2.10. The van der Waals surface area contributed by atoms with Crippen molar-refractivity contribution < 1.29 is 23.0 Å². The fourth-order valence-corrected chi connectivity index (χ4v) is 2.62. The number of methoxy groups -OCH3 is 1. The summed E-state index contributed by atoms with van der Waals surface area (Å²) < 4.78 is 34.5. The average molecular weight is 350 g/mol. The molecule has 0 aliphatic heterocycles. The molecule has 0 spiro atoms. The average Bonchev–Trinajstić information content (AvgIpc) is 2.59. The van der Waals surface area contributed by atoms with Gasteiger partial charge in [0.2, 0.25) is 0 Å². The number of carbonyl (C=O) groups is 1. The van der Waals surface area contributed by atoms with Crippen LogP contribution in [0.25, 0.3) is 6.08 Å². The highest BCUT2D eigenvalue weighted by Crippen LogP contribution is 2.29. The predicted molar refractivity (Wildman–Crippen MR) is 91.2 cm³/mol. The Labute approximate surface area is 143 Å². The summed E-state index contributed by atoms with van der Waals surface area (Å²) in [5.74, 6) is 0.378. The van der Waals surface area contributed by atoms with E-state index in [1.54, 1.807) is 36.4 Å². The van der Waals surface area contributed by atoms with E-state index in [-0.39, 0.29) is 11.5 Å².